The molecule has 0 aromatic heterocycles. The third kappa shape index (κ3) is 6.04. The fraction of sp³-hybridized carbons (Fsp3) is 0.600. The second-order valence-corrected chi connectivity index (χ2v) is 11.6. The number of likely N-dealkylation sites (tertiary alicyclic amines) is 1. The zero-order valence-electron chi connectivity index (χ0n) is 22.7. The number of aliphatic hydroxyl groups is 1. The Kier molecular flexibility index (Phi) is 8.33. The van der Waals surface area contributed by atoms with E-state index >= 15 is 0 Å². The molecule has 5 rings (SSSR count). The predicted molar refractivity (Wildman–Crippen MR) is 151 cm³/mol. The van der Waals surface area contributed by atoms with Crippen LogP contribution < -0.4 is 11.1 Å². The lowest BCUT2D eigenvalue weighted by molar-refractivity contribution is -0.118. The van der Waals surface area contributed by atoms with Crippen molar-refractivity contribution in [3.05, 3.63) is 52.9 Å². The van der Waals surface area contributed by atoms with Gasteiger partial charge in [0.25, 0.3) is 5.91 Å². The molecular formula is C30H43N5O3. The van der Waals surface area contributed by atoms with Gasteiger partial charge in [0.15, 0.2) is 0 Å². The highest BCUT2D eigenvalue weighted by atomic mass is 16.5. The van der Waals surface area contributed by atoms with Crippen LogP contribution >= 0.6 is 0 Å². The molecule has 2 saturated heterocycles. The quantitative estimate of drug-likeness (QED) is 0.262. The number of amides is 1. The lowest BCUT2D eigenvalue weighted by Crippen LogP contribution is -2.41. The summed E-state index contributed by atoms with van der Waals surface area (Å²) in [7, 11) is 0. The van der Waals surface area contributed by atoms with Crippen LogP contribution in [0.3, 0.4) is 0 Å². The molecule has 2 heterocycles. The van der Waals surface area contributed by atoms with Crippen LogP contribution in [-0.4, -0.2) is 92.2 Å². The minimum Gasteiger partial charge on any atom is -0.393 e. The summed E-state index contributed by atoms with van der Waals surface area (Å²) in [6.07, 6.45) is 5.76. The van der Waals surface area contributed by atoms with Crippen LogP contribution in [0, 0.1) is 5.92 Å². The van der Waals surface area contributed by atoms with Gasteiger partial charge in [-0.05, 0) is 74.4 Å². The Labute approximate surface area is 226 Å². The molecule has 8 heteroatoms. The number of hydrogen-bond donors (Lipinski definition) is 3. The van der Waals surface area contributed by atoms with Crippen LogP contribution in [0.1, 0.15) is 50.2 Å². The van der Waals surface area contributed by atoms with Gasteiger partial charge in [0.2, 0.25) is 0 Å². The van der Waals surface area contributed by atoms with E-state index in [0.717, 1.165) is 75.8 Å². The van der Waals surface area contributed by atoms with Crippen LogP contribution in [-0.2, 0) is 14.9 Å². The van der Waals surface area contributed by atoms with Crippen LogP contribution in [0.15, 0.2) is 46.7 Å². The number of carbonyl (C=O) groups excluding carboxylic acids is 1. The number of allylic oxidation sites excluding steroid dienone is 1. The number of aliphatic hydroxyl groups excluding tert-OH is 1. The molecular weight excluding hydrogens is 478 g/mol. The third-order valence-corrected chi connectivity index (χ3v) is 9.05. The molecule has 206 valence electrons. The second kappa shape index (κ2) is 11.7. The van der Waals surface area contributed by atoms with E-state index in [0.29, 0.717) is 23.8 Å². The van der Waals surface area contributed by atoms with E-state index in [2.05, 4.69) is 51.1 Å². The molecule has 0 unspecified atom stereocenters. The summed E-state index contributed by atoms with van der Waals surface area (Å²) >= 11 is 0. The summed E-state index contributed by atoms with van der Waals surface area (Å²) in [6, 6.07) is 8.90. The largest absolute Gasteiger partial charge is 0.393 e. The lowest BCUT2D eigenvalue weighted by atomic mass is 9.92. The van der Waals surface area contributed by atoms with Crippen molar-refractivity contribution in [1.29, 1.82) is 0 Å². The van der Waals surface area contributed by atoms with Crippen LogP contribution in [0.2, 0.25) is 0 Å². The average Bonchev–Trinajstić information content (AvgIpc) is 3.52. The molecule has 2 saturated carbocycles. The fourth-order valence-corrected chi connectivity index (χ4v) is 6.50. The van der Waals surface area contributed by atoms with E-state index in [9.17, 15) is 9.90 Å². The number of nitrogens with one attached hydrogen (secondary N) is 1. The van der Waals surface area contributed by atoms with Crippen LogP contribution in [0.25, 0.3) is 5.57 Å². The molecule has 4 fully saturated rings. The van der Waals surface area contributed by atoms with E-state index in [-0.39, 0.29) is 23.9 Å². The van der Waals surface area contributed by atoms with Crippen LogP contribution in [0.4, 0.5) is 0 Å². The highest BCUT2D eigenvalue weighted by Gasteiger charge is 2.60. The third-order valence-electron chi connectivity index (χ3n) is 9.05. The molecule has 4 N–H and O–H groups in total. The van der Waals surface area contributed by atoms with Gasteiger partial charge in [-0.2, -0.15) is 0 Å². The normalized spacial score (nSPS) is 30.9. The van der Waals surface area contributed by atoms with Crippen molar-refractivity contribution in [2.75, 3.05) is 52.5 Å². The summed E-state index contributed by atoms with van der Waals surface area (Å²) in [5.74, 6) is 0.638. The topological polar surface area (TPSA) is 103 Å². The maximum Gasteiger partial charge on any atom is 0.255 e. The molecule has 38 heavy (non-hydrogen) atoms. The average molecular weight is 522 g/mol. The number of rotatable bonds is 9. The van der Waals surface area contributed by atoms with Crippen LogP contribution in [0.5, 0.6) is 0 Å². The van der Waals surface area contributed by atoms with Crippen molar-refractivity contribution in [3.8, 4) is 0 Å². The number of ether oxygens (including phenoxy) is 1. The number of nitrogens with two attached hydrogens (primary N) is 1. The van der Waals surface area contributed by atoms with Crippen molar-refractivity contribution < 1.29 is 14.6 Å². The first-order valence-corrected chi connectivity index (χ1v) is 14.1. The van der Waals surface area contributed by atoms with Gasteiger partial charge < -0.3 is 25.8 Å². The van der Waals surface area contributed by atoms with E-state index in [1.54, 1.807) is 0 Å². The first-order valence-electron chi connectivity index (χ1n) is 14.1. The predicted octanol–water partition coefficient (Wildman–Crippen LogP) is 2.29. The minimum absolute atomic E-state index is 0.0390. The Bertz CT molecular complexity index is 1070. The first kappa shape index (κ1) is 27.1. The minimum atomic E-state index is -0.268. The molecule has 1 aromatic rings. The molecule has 8 nitrogen and oxygen atoms in total. The number of fused-ring (bicyclic) bond motifs is 1. The van der Waals surface area contributed by atoms with Gasteiger partial charge in [0.05, 0.1) is 24.9 Å². The smallest absolute Gasteiger partial charge is 0.255 e. The van der Waals surface area contributed by atoms with E-state index in [1.165, 1.54) is 18.5 Å². The van der Waals surface area contributed by atoms with Crippen molar-refractivity contribution in [1.82, 2.24) is 15.1 Å². The standard InChI is InChI=1S/C30H43N5O3/c1-21(17-27(28(31)32-2)29(37)33-25-7-9-26(36)10-8-25)22-3-5-23(6-4-22)30-18-24(30)19-35(20-30)12-11-34-13-15-38-16-14-34/h3-6,17,24-26,36H,2,7-16,18-20,31H2,1H3,(H,33,37)/b21-17+,28-27+/t24-,25?,26?,30+/m0/s1. The summed E-state index contributed by atoms with van der Waals surface area (Å²) in [6.45, 7) is 13.9. The van der Waals surface area contributed by atoms with Gasteiger partial charge in [0.1, 0.15) is 5.82 Å². The van der Waals surface area contributed by atoms with Gasteiger partial charge in [-0.1, -0.05) is 24.3 Å². The number of carbonyl (C=O) groups is 1. The Morgan fingerprint density at radius 3 is 2.55 bits per heavy atom. The maximum atomic E-state index is 13.1. The number of morpholine rings is 1. The SMILES string of the molecule is C=N/C(N)=C(\C=C(/C)c1ccc([C@]23C[C@H]2CN(CCN2CCOCC2)C3)cc1)C(=O)NC1CCC(O)CC1. The molecule has 0 spiro atoms. The van der Waals surface area contributed by atoms with Crippen molar-refractivity contribution in [2.24, 2.45) is 16.6 Å². The highest BCUT2D eigenvalue weighted by molar-refractivity contribution is 5.99. The monoisotopic (exact) mass is 521 g/mol. The molecule has 2 aliphatic heterocycles. The van der Waals surface area contributed by atoms with Crippen molar-refractivity contribution in [2.45, 2.75) is 56.6 Å². The number of hydrogen-bond acceptors (Lipinski definition) is 7. The van der Waals surface area contributed by atoms with Crippen molar-refractivity contribution in [3.63, 3.8) is 0 Å². The Morgan fingerprint density at radius 1 is 1.18 bits per heavy atom. The van der Waals surface area contributed by atoms with E-state index < -0.39 is 0 Å². The molecule has 1 aromatic carbocycles. The Morgan fingerprint density at radius 2 is 1.87 bits per heavy atom. The maximum absolute atomic E-state index is 13.1. The molecule has 2 atom stereocenters. The summed E-state index contributed by atoms with van der Waals surface area (Å²) in [5, 5.41) is 12.8. The van der Waals surface area contributed by atoms with E-state index in [1.807, 2.05) is 13.0 Å². The van der Waals surface area contributed by atoms with Gasteiger partial charge >= 0.3 is 0 Å². The lowest BCUT2D eigenvalue weighted by Gasteiger charge is -2.29. The molecule has 1 amide bonds. The number of nitrogens with zero attached hydrogens (tertiary/aromatic N) is 3. The fourth-order valence-electron chi connectivity index (χ4n) is 6.50. The number of aliphatic imine (C=N–C) groups is 1. The zero-order valence-corrected chi connectivity index (χ0v) is 22.7. The van der Waals surface area contributed by atoms with E-state index in [4.69, 9.17) is 10.5 Å². The Balaban J connectivity index is 1.21. The Hall–Kier alpha value is -2.52. The summed E-state index contributed by atoms with van der Waals surface area (Å²) in [5.41, 5.74) is 10.2. The van der Waals surface area contributed by atoms with Gasteiger partial charge in [-0.15, -0.1) is 0 Å². The molecule has 2 aliphatic carbocycles. The summed E-state index contributed by atoms with van der Waals surface area (Å²) in [4.78, 5) is 22.1. The number of benzene rings is 1. The van der Waals surface area contributed by atoms with Gasteiger partial charge in [0, 0.05) is 50.7 Å². The second-order valence-electron chi connectivity index (χ2n) is 11.6. The van der Waals surface area contributed by atoms with Gasteiger partial charge in [-0.25, -0.2) is 4.99 Å². The first-order chi connectivity index (χ1) is 18.4. The molecule has 4 aliphatic rings. The summed E-state index contributed by atoms with van der Waals surface area (Å²) < 4.78 is 5.48. The van der Waals surface area contributed by atoms with Gasteiger partial charge in [-0.3, -0.25) is 9.69 Å². The highest BCUT2D eigenvalue weighted by Crippen LogP contribution is 2.59. The number of piperidine rings is 1. The van der Waals surface area contributed by atoms with Crippen molar-refractivity contribution >= 4 is 18.2 Å². The molecule has 0 radical (unpaired) electrons. The molecule has 0 bridgehead atoms. The zero-order chi connectivity index (χ0) is 26.7.